The Bertz CT molecular complexity index is 536. The Morgan fingerprint density at radius 1 is 1.59 bits per heavy atom. The summed E-state index contributed by atoms with van der Waals surface area (Å²) >= 11 is 0. The summed E-state index contributed by atoms with van der Waals surface area (Å²) in [5.41, 5.74) is 6.39. The van der Waals surface area contributed by atoms with Crippen molar-refractivity contribution in [3.05, 3.63) is 41.4 Å². The molecule has 2 aromatic rings. The van der Waals surface area contributed by atoms with Gasteiger partial charge in [0.05, 0.1) is 17.8 Å². The normalized spacial score (nSPS) is 10.2. The summed E-state index contributed by atoms with van der Waals surface area (Å²) in [5, 5.41) is 6.74. The van der Waals surface area contributed by atoms with Crippen LogP contribution < -0.4 is 11.1 Å². The first kappa shape index (κ1) is 11.1. The Morgan fingerprint density at radius 2 is 2.41 bits per heavy atom. The second-order valence-electron chi connectivity index (χ2n) is 3.55. The number of aromatic nitrogens is 2. The molecule has 0 saturated carbocycles. The van der Waals surface area contributed by atoms with Crippen molar-refractivity contribution in [2.24, 2.45) is 5.73 Å². The van der Waals surface area contributed by atoms with E-state index in [0.717, 1.165) is 5.69 Å². The fourth-order valence-electron chi connectivity index (χ4n) is 1.42. The summed E-state index contributed by atoms with van der Waals surface area (Å²) in [4.78, 5) is 15.2. The van der Waals surface area contributed by atoms with Crippen LogP contribution in [0.25, 0.3) is 0 Å². The van der Waals surface area contributed by atoms with E-state index in [-0.39, 0.29) is 0 Å². The van der Waals surface area contributed by atoms with Crippen molar-refractivity contribution < 1.29 is 9.32 Å². The van der Waals surface area contributed by atoms with Gasteiger partial charge in [0, 0.05) is 12.3 Å². The lowest BCUT2D eigenvalue weighted by atomic mass is 10.2. The molecule has 0 aliphatic rings. The van der Waals surface area contributed by atoms with Crippen molar-refractivity contribution in [1.82, 2.24) is 10.1 Å². The van der Waals surface area contributed by atoms with Crippen molar-refractivity contribution in [1.29, 1.82) is 0 Å². The van der Waals surface area contributed by atoms with Crippen LogP contribution in [0.3, 0.4) is 0 Å². The van der Waals surface area contributed by atoms with Crippen LogP contribution in [0.4, 0.5) is 5.82 Å². The number of anilines is 1. The van der Waals surface area contributed by atoms with Crippen molar-refractivity contribution in [2.45, 2.75) is 13.5 Å². The van der Waals surface area contributed by atoms with Gasteiger partial charge >= 0.3 is 0 Å². The zero-order valence-electron chi connectivity index (χ0n) is 9.30. The first-order valence-electron chi connectivity index (χ1n) is 5.07. The molecule has 0 radical (unpaired) electrons. The van der Waals surface area contributed by atoms with Gasteiger partial charge in [-0.05, 0) is 19.1 Å². The van der Waals surface area contributed by atoms with Gasteiger partial charge in [-0.25, -0.2) is 4.98 Å². The average Bonchev–Trinajstić information content (AvgIpc) is 2.73. The summed E-state index contributed by atoms with van der Waals surface area (Å²) in [6, 6.07) is 5.08. The third kappa shape index (κ3) is 2.60. The molecule has 0 aliphatic carbocycles. The predicted molar refractivity (Wildman–Crippen MR) is 61.3 cm³/mol. The molecule has 6 heteroatoms. The Morgan fingerprint density at radius 3 is 3.06 bits per heavy atom. The average molecular weight is 232 g/mol. The van der Waals surface area contributed by atoms with Crippen molar-refractivity contribution in [2.75, 3.05) is 5.32 Å². The van der Waals surface area contributed by atoms with Gasteiger partial charge in [-0.2, -0.15) is 0 Å². The molecule has 0 atom stereocenters. The molecule has 2 rings (SSSR count). The Labute approximate surface area is 97.8 Å². The van der Waals surface area contributed by atoms with E-state index < -0.39 is 5.91 Å². The number of hydrogen-bond acceptors (Lipinski definition) is 5. The van der Waals surface area contributed by atoms with Crippen LogP contribution in [0.5, 0.6) is 0 Å². The van der Waals surface area contributed by atoms with Crippen LogP contribution in [-0.4, -0.2) is 16.0 Å². The lowest BCUT2D eigenvalue weighted by Crippen LogP contribution is -2.15. The number of hydrogen-bond donors (Lipinski definition) is 2. The van der Waals surface area contributed by atoms with Gasteiger partial charge in [0.1, 0.15) is 5.82 Å². The van der Waals surface area contributed by atoms with E-state index in [1.165, 1.54) is 0 Å². The van der Waals surface area contributed by atoms with Gasteiger partial charge in [-0.15, -0.1) is 0 Å². The fourth-order valence-corrected chi connectivity index (χ4v) is 1.42. The van der Waals surface area contributed by atoms with Gasteiger partial charge in [0.25, 0.3) is 5.91 Å². The summed E-state index contributed by atoms with van der Waals surface area (Å²) in [7, 11) is 0. The van der Waals surface area contributed by atoms with Crippen molar-refractivity contribution in [3.63, 3.8) is 0 Å². The van der Waals surface area contributed by atoms with Crippen LogP contribution in [0.15, 0.2) is 28.9 Å². The van der Waals surface area contributed by atoms with Gasteiger partial charge in [0.15, 0.2) is 5.76 Å². The molecule has 0 saturated heterocycles. The topological polar surface area (TPSA) is 94.0 Å². The van der Waals surface area contributed by atoms with Gasteiger partial charge in [-0.1, -0.05) is 5.16 Å². The zero-order chi connectivity index (χ0) is 12.3. The molecule has 3 N–H and O–H groups in total. The molecule has 0 unspecified atom stereocenters. The highest BCUT2D eigenvalue weighted by atomic mass is 16.5. The maximum atomic E-state index is 11.1. The van der Waals surface area contributed by atoms with E-state index in [1.54, 1.807) is 24.4 Å². The molecule has 2 aromatic heterocycles. The van der Waals surface area contributed by atoms with Crippen LogP contribution in [0.2, 0.25) is 0 Å². The molecule has 17 heavy (non-hydrogen) atoms. The maximum absolute atomic E-state index is 11.1. The van der Waals surface area contributed by atoms with Crippen molar-refractivity contribution in [3.8, 4) is 0 Å². The standard InChI is InChI=1S/C11H12N4O2/c1-7-5-8(17-15-7)6-14-11-9(10(12)16)3-2-4-13-11/h2-5H,6H2,1H3,(H2,12,16)(H,13,14). The first-order valence-corrected chi connectivity index (χ1v) is 5.07. The number of primary amides is 1. The van der Waals surface area contributed by atoms with Crippen LogP contribution in [0, 0.1) is 6.92 Å². The lowest BCUT2D eigenvalue weighted by molar-refractivity contribution is 0.100. The molecule has 2 heterocycles. The molecule has 0 aromatic carbocycles. The fraction of sp³-hybridized carbons (Fsp3) is 0.182. The minimum atomic E-state index is -0.519. The van der Waals surface area contributed by atoms with E-state index in [0.29, 0.717) is 23.7 Å². The number of carbonyl (C=O) groups excluding carboxylic acids is 1. The Balaban J connectivity index is 2.11. The van der Waals surface area contributed by atoms with E-state index in [1.807, 2.05) is 6.92 Å². The molecule has 0 fully saturated rings. The van der Waals surface area contributed by atoms with E-state index in [2.05, 4.69) is 15.5 Å². The summed E-state index contributed by atoms with van der Waals surface area (Å²) < 4.78 is 5.03. The molecular formula is C11H12N4O2. The summed E-state index contributed by atoms with van der Waals surface area (Å²) in [6.45, 7) is 2.24. The second-order valence-corrected chi connectivity index (χ2v) is 3.55. The van der Waals surface area contributed by atoms with E-state index in [4.69, 9.17) is 10.3 Å². The monoisotopic (exact) mass is 232 g/mol. The van der Waals surface area contributed by atoms with Gasteiger partial charge < -0.3 is 15.6 Å². The molecule has 0 aliphatic heterocycles. The second kappa shape index (κ2) is 4.65. The zero-order valence-corrected chi connectivity index (χ0v) is 9.30. The largest absolute Gasteiger partial charge is 0.365 e. The third-order valence-corrected chi connectivity index (χ3v) is 2.18. The molecule has 0 spiro atoms. The minimum Gasteiger partial charge on any atom is -0.365 e. The van der Waals surface area contributed by atoms with Crippen LogP contribution in [-0.2, 0) is 6.54 Å². The molecule has 88 valence electrons. The first-order chi connectivity index (χ1) is 8.16. The number of pyridine rings is 1. The highest BCUT2D eigenvalue weighted by Crippen LogP contribution is 2.12. The summed E-state index contributed by atoms with van der Waals surface area (Å²) in [6.07, 6.45) is 1.58. The SMILES string of the molecule is Cc1cc(CNc2ncccc2C(N)=O)on1. The number of nitrogens with one attached hydrogen (secondary N) is 1. The van der Waals surface area contributed by atoms with Gasteiger partial charge in [-0.3, -0.25) is 4.79 Å². The highest BCUT2D eigenvalue weighted by Gasteiger charge is 2.09. The van der Waals surface area contributed by atoms with Gasteiger partial charge in [0.2, 0.25) is 0 Å². The number of carbonyl (C=O) groups is 1. The molecular weight excluding hydrogens is 220 g/mol. The Kier molecular flexibility index (Phi) is 3.04. The lowest BCUT2D eigenvalue weighted by Gasteiger charge is -2.06. The van der Waals surface area contributed by atoms with Crippen LogP contribution >= 0.6 is 0 Å². The molecule has 0 bridgehead atoms. The smallest absolute Gasteiger partial charge is 0.252 e. The summed E-state index contributed by atoms with van der Waals surface area (Å²) in [5.74, 6) is 0.590. The maximum Gasteiger partial charge on any atom is 0.252 e. The number of rotatable bonds is 4. The molecule has 6 nitrogen and oxygen atoms in total. The minimum absolute atomic E-state index is 0.351. The van der Waals surface area contributed by atoms with E-state index >= 15 is 0 Å². The van der Waals surface area contributed by atoms with E-state index in [9.17, 15) is 4.79 Å². The predicted octanol–water partition coefficient (Wildman–Crippen LogP) is 1.09. The van der Waals surface area contributed by atoms with Crippen LogP contribution in [0.1, 0.15) is 21.8 Å². The van der Waals surface area contributed by atoms with Crippen molar-refractivity contribution >= 4 is 11.7 Å². The number of amides is 1. The Hall–Kier alpha value is -2.37. The molecule has 1 amide bonds. The number of nitrogens with zero attached hydrogens (tertiary/aromatic N) is 2. The quantitative estimate of drug-likeness (QED) is 0.822. The number of aryl methyl sites for hydroxylation is 1. The highest BCUT2D eigenvalue weighted by molar-refractivity contribution is 5.97. The number of nitrogens with two attached hydrogens (primary N) is 1. The third-order valence-electron chi connectivity index (χ3n) is 2.18.